The predicted octanol–water partition coefficient (Wildman–Crippen LogP) is 4.24. The Kier molecular flexibility index (Phi) is 4.45. The van der Waals surface area contributed by atoms with E-state index in [-0.39, 0.29) is 0 Å². The van der Waals surface area contributed by atoms with Crippen LogP contribution in [-0.2, 0) is 0 Å². The molecule has 24 heavy (non-hydrogen) atoms. The number of aromatic nitrogens is 2. The van der Waals surface area contributed by atoms with Gasteiger partial charge in [-0.1, -0.05) is 18.7 Å². The van der Waals surface area contributed by atoms with Crippen molar-refractivity contribution in [1.82, 2.24) is 9.97 Å². The lowest BCUT2D eigenvalue weighted by Crippen LogP contribution is -1.95. The number of nitrogens with zero attached hydrogens (tertiary/aromatic N) is 2. The Hall–Kier alpha value is -3.30. The Bertz CT molecular complexity index is 914. The topological polar surface area (TPSA) is 53.5 Å². The van der Waals surface area contributed by atoms with Crippen molar-refractivity contribution in [3.8, 4) is 23.1 Å². The summed E-state index contributed by atoms with van der Waals surface area (Å²) in [5.41, 5.74) is 4.45. The molecule has 5 heteroatoms. The molecule has 1 heterocycles. The maximum absolute atomic E-state index is 5.90. The summed E-state index contributed by atoms with van der Waals surface area (Å²) in [6.45, 7) is 3.56. The van der Waals surface area contributed by atoms with Crippen molar-refractivity contribution in [3.05, 3.63) is 60.6 Å². The average Bonchev–Trinajstić information content (AvgIpc) is 2.62. The first-order valence-electron chi connectivity index (χ1n) is 7.25. The Balaban J connectivity index is 2.01. The van der Waals surface area contributed by atoms with Crippen LogP contribution in [0.15, 0.2) is 55.0 Å². The fourth-order valence-corrected chi connectivity index (χ4v) is 2.30. The number of ether oxygens (including phenoxy) is 3. The van der Waals surface area contributed by atoms with Crippen LogP contribution in [-0.4, -0.2) is 24.2 Å². The van der Waals surface area contributed by atoms with Crippen LogP contribution in [0, 0.1) is 0 Å². The summed E-state index contributed by atoms with van der Waals surface area (Å²) < 4.78 is 16.5. The monoisotopic (exact) mass is 320 g/mol. The highest BCUT2D eigenvalue weighted by molar-refractivity contribution is 5.87. The fourth-order valence-electron chi connectivity index (χ4n) is 2.30. The van der Waals surface area contributed by atoms with E-state index in [1.165, 1.54) is 6.33 Å². The molecule has 0 saturated carbocycles. The van der Waals surface area contributed by atoms with Crippen LogP contribution in [0.25, 0.3) is 17.0 Å². The second-order valence-electron chi connectivity index (χ2n) is 4.92. The quantitative estimate of drug-likeness (QED) is 0.658. The molecule has 1 aromatic heterocycles. The van der Waals surface area contributed by atoms with Crippen LogP contribution in [0.3, 0.4) is 0 Å². The standard InChI is InChI=1S/C19H16N2O3/c1-4-5-13-6-8-14(9-7-13)24-19-15-10-17(22-2)18(23-3)11-16(15)20-12-21-19/h5-12H,1H2,2-3H3. The third kappa shape index (κ3) is 3.07. The van der Waals surface area contributed by atoms with E-state index in [0.717, 1.165) is 10.9 Å². The molecule has 0 aliphatic heterocycles. The lowest BCUT2D eigenvalue weighted by atomic mass is 10.2. The second-order valence-corrected chi connectivity index (χ2v) is 4.92. The molecule has 0 atom stereocenters. The second kappa shape index (κ2) is 6.86. The van der Waals surface area contributed by atoms with E-state index in [1.807, 2.05) is 24.3 Å². The highest BCUT2D eigenvalue weighted by Gasteiger charge is 2.12. The largest absolute Gasteiger partial charge is 0.493 e. The zero-order chi connectivity index (χ0) is 16.9. The molecule has 0 radical (unpaired) electrons. The molecule has 120 valence electrons. The Morgan fingerprint density at radius 2 is 1.71 bits per heavy atom. The minimum atomic E-state index is 0.452. The first-order chi connectivity index (χ1) is 11.7. The van der Waals surface area contributed by atoms with Crippen molar-refractivity contribution in [3.63, 3.8) is 0 Å². The molecule has 0 fully saturated rings. The van der Waals surface area contributed by atoms with Crippen LogP contribution in [0.2, 0.25) is 0 Å². The smallest absolute Gasteiger partial charge is 0.230 e. The zero-order valence-electron chi connectivity index (χ0n) is 13.4. The third-order valence-corrected chi connectivity index (χ3v) is 3.47. The Morgan fingerprint density at radius 1 is 1.00 bits per heavy atom. The molecule has 0 N–H and O–H groups in total. The van der Waals surface area contributed by atoms with Crippen molar-refractivity contribution < 1.29 is 14.2 Å². The molecule has 0 bridgehead atoms. The van der Waals surface area contributed by atoms with E-state index in [1.54, 1.807) is 32.4 Å². The van der Waals surface area contributed by atoms with E-state index in [4.69, 9.17) is 14.2 Å². The molecule has 0 aliphatic rings. The SMILES string of the molecule is C=C=Cc1ccc(Oc2ncnc3cc(OC)c(OC)cc23)cc1. The molecule has 0 spiro atoms. The van der Waals surface area contributed by atoms with E-state index >= 15 is 0 Å². The van der Waals surface area contributed by atoms with Crippen LogP contribution < -0.4 is 14.2 Å². The van der Waals surface area contributed by atoms with Gasteiger partial charge in [0.1, 0.15) is 12.1 Å². The summed E-state index contributed by atoms with van der Waals surface area (Å²) in [6.07, 6.45) is 3.25. The van der Waals surface area contributed by atoms with Gasteiger partial charge in [-0.2, -0.15) is 0 Å². The lowest BCUT2D eigenvalue weighted by molar-refractivity contribution is 0.355. The van der Waals surface area contributed by atoms with Gasteiger partial charge in [0.25, 0.3) is 0 Å². The maximum atomic E-state index is 5.90. The lowest BCUT2D eigenvalue weighted by Gasteiger charge is -2.11. The van der Waals surface area contributed by atoms with Gasteiger partial charge < -0.3 is 14.2 Å². The van der Waals surface area contributed by atoms with Gasteiger partial charge in [0.15, 0.2) is 11.5 Å². The summed E-state index contributed by atoms with van der Waals surface area (Å²) >= 11 is 0. The normalized spacial score (nSPS) is 10.1. The first kappa shape index (κ1) is 15.6. The Morgan fingerprint density at radius 3 is 2.38 bits per heavy atom. The molecule has 3 aromatic rings. The predicted molar refractivity (Wildman–Crippen MR) is 92.8 cm³/mol. The van der Waals surface area contributed by atoms with Crippen LogP contribution in [0.4, 0.5) is 0 Å². The zero-order valence-corrected chi connectivity index (χ0v) is 13.4. The summed E-state index contributed by atoms with van der Waals surface area (Å²) in [7, 11) is 3.17. The van der Waals surface area contributed by atoms with Crippen molar-refractivity contribution in [2.24, 2.45) is 0 Å². The van der Waals surface area contributed by atoms with E-state index in [0.29, 0.717) is 28.6 Å². The van der Waals surface area contributed by atoms with Crippen LogP contribution in [0.5, 0.6) is 23.1 Å². The molecular weight excluding hydrogens is 304 g/mol. The van der Waals surface area contributed by atoms with Crippen molar-refractivity contribution in [2.45, 2.75) is 0 Å². The van der Waals surface area contributed by atoms with E-state index < -0.39 is 0 Å². The summed E-state index contributed by atoms with van der Waals surface area (Å²) in [6, 6.07) is 11.1. The van der Waals surface area contributed by atoms with Gasteiger partial charge in [-0.3, -0.25) is 0 Å². The first-order valence-corrected chi connectivity index (χ1v) is 7.25. The number of benzene rings is 2. The Labute approximate surface area is 139 Å². The molecule has 3 rings (SSSR count). The number of hydrogen-bond acceptors (Lipinski definition) is 5. The van der Waals surface area contributed by atoms with Gasteiger partial charge in [0.05, 0.1) is 25.1 Å². The van der Waals surface area contributed by atoms with Crippen molar-refractivity contribution >= 4 is 17.0 Å². The van der Waals surface area contributed by atoms with Gasteiger partial charge in [-0.25, -0.2) is 9.97 Å². The molecule has 0 saturated heterocycles. The van der Waals surface area contributed by atoms with Crippen LogP contribution >= 0.6 is 0 Å². The minimum Gasteiger partial charge on any atom is -0.493 e. The molecule has 0 amide bonds. The molecule has 5 nitrogen and oxygen atoms in total. The van der Waals surface area contributed by atoms with Gasteiger partial charge >= 0.3 is 0 Å². The van der Waals surface area contributed by atoms with Crippen LogP contribution in [0.1, 0.15) is 5.56 Å². The van der Waals surface area contributed by atoms with E-state index in [2.05, 4.69) is 22.3 Å². The van der Waals surface area contributed by atoms with E-state index in [9.17, 15) is 0 Å². The summed E-state index contributed by atoms with van der Waals surface area (Å²) in [5.74, 6) is 2.32. The fraction of sp³-hybridized carbons (Fsp3) is 0.105. The highest BCUT2D eigenvalue weighted by Crippen LogP contribution is 2.35. The van der Waals surface area contributed by atoms with Crippen molar-refractivity contribution in [2.75, 3.05) is 14.2 Å². The van der Waals surface area contributed by atoms with Gasteiger partial charge in [-0.05, 0) is 29.8 Å². The molecule has 0 unspecified atom stereocenters. The summed E-state index contributed by atoms with van der Waals surface area (Å²) in [4.78, 5) is 8.49. The molecule has 0 aliphatic carbocycles. The number of methoxy groups -OCH3 is 2. The average molecular weight is 320 g/mol. The minimum absolute atomic E-state index is 0.452. The molecule has 2 aromatic carbocycles. The van der Waals surface area contributed by atoms with Gasteiger partial charge in [0.2, 0.25) is 5.88 Å². The number of rotatable bonds is 5. The number of fused-ring (bicyclic) bond motifs is 1. The number of hydrogen-bond donors (Lipinski definition) is 0. The molecular formula is C19H16N2O3. The van der Waals surface area contributed by atoms with Gasteiger partial charge in [0, 0.05) is 6.07 Å². The summed E-state index contributed by atoms with van der Waals surface area (Å²) in [5, 5.41) is 0.741. The van der Waals surface area contributed by atoms with Gasteiger partial charge in [-0.15, -0.1) is 5.73 Å². The maximum Gasteiger partial charge on any atom is 0.230 e. The van der Waals surface area contributed by atoms with Crippen molar-refractivity contribution in [1.29, 1.82) is 0 Å². The third-order valence-electron chi connectivity index (χ3n) is 3.47. The highest BCUT2D eigenvalue weighted by atomic mass is 16.5.